The van der Waals surface area contributed by atoms with Gasteiger partial charge in [-0.05, 0) is 26.0 Å². The van der Waals surface area contributed by atoms with E-state index in [1.54, 1.807) is 12.1 Å². The number of anilines is 1. The van der Waals surface area contributed by atoms with E-state index in [-0.39, 0.29) is 11.7 Å². The van der Waals surface area contributed by atoms with Crippen LogP contribution in [0.4, 0.5) is 11.5 Å². The van der Waals surface area contributed by atoms with Crippen LogP contribution in [0.2, 0.25) is 0 Å². The minimum Gasteiger partial charge on any atom is -0.360 e. The highest BCUT2D eigenvalue weighted by Gasteiger charge is 2.14. The number of imidazole rings is 1. The first-order chi connectivity index (χ1) is 13.5. The number of H-pyrrole nitrogens is 1. The van der Waals surface area contributed by atoms with E-state index < -0.39 is 4.92 Å². The summed E-state index contributed by atoms with van der Waals surface area (Å²) in [5.41, 5.74) is 3.24. The van der Waals surface area contributed by atoms with Crippen molar-refractivity contribution in [2.24, 2.45) is 0 Å². The Kier molecular flexibility index (Phi) is 4.44. The molecule has 0 saturated carbocycles. The molecule has 28 heavy (non-hydrogen) atoms. The molecule has 0 spiro atoms. The quantitative estimate of drug-likeness (QED) is 0.395. The van der Waals surface area contributed by atoms with E-state index in [9.17, 15) is 10.1 Å². The molecule has 0 fully saturated rings. The maximum Gasteiger partial charge on any atom is 0.270 e. The molecule has 140 valence electrons. The zero-order chi connectivity index (χ0) is 19.7. The third kappa shape index (κ3) is 3.52. The number of nitro benzene ring substituents is 1. The van der Waals surface area contributed by atoms with Gasteiger partial charge in [0.2, 0.25) is 0 Å². The normalized spacial score (nSPS) is 12.1. The number of nitro groups is 1. The van der Waals surface area contributed by atoms with Gasteiger partial charge in [0.25, 0.3) is 5.69 Å². The lowest BCUT2D eigenvalue weighted by Crippen LogP contribution is -2.10. The zero-order valence-corrected chi connectivity index (χ0v) is 15.4. The van der Waals surface area contributed by atoms with Gasteiger partial charge in [-0.2, -0.15) is 0 Å². The molecule has 8 heteroatoms. The minimum absolute atomic E-state index is 0.00718. The molecule has 0 radical (unpaired) electrons. The Morgan fingerprint density at radius 3 is 2.68 bits per heavy atom. The number of aryl methyl sites for hydroxylation is 1. The third-order valence-corrected chi connectivity index (χ3v) is 4.35. The summed E-state index contributed by atoms with van der Waals surface area (Å²) in [5.74, 6) is 1.86. The first-order valence-electron chi connectivity index (χ1n) is 8.81. The van der Waals surface area contributed by atoms with E-state index in [0.717, 1.165) is 22.6 Å². The molecule has 0 aliphatic rings. The SMILES string of the molecule is Cc1cc(NC(C)c2nc3ccccc3[nH]2)nc(-c2cccc([N+](=O)[O-])c2)n1. The second-order valence-corrected chi connectivity index (χ2v) is 6.53. The molecule has 0 aliphatic heterocycles. The first-order valence-corrected chi connectivity index (χ1v) is 8.81. The van der Waals surface area contributed by atoms with Gasteiger partial charge in [0.05, 0.1) is 22.0 Å². The van der Waals surface area contributed by atoms with Crippen LogP contribution in [-0.4, -0.2) is 24.9 Å². The van der Waals surface area contributed by atoms with Crippen LogP contribution in [0.1, 0.15) is 24.5 Å². The van der Waals surface area contributed by atoms with Crippen LogP contribution in [-0.2, 0) is 0 Å². The van der Waals surface area contributed by atoms with Crippen molar-refractivity contribution in [1.29, 1.82) is 0 Å². The predicted molar refractivity (Wildman–Crippen MR) is 107 cm³/mol. The smallest absolute Gasteiger partial charge is 0.270 e. The Hall–Kier alpha value is -3.81. The number of para-hydroxylation sites is 2. The molecule has 2 heterocycles. The molecule has 0 bridgehead atoms. The number of benzene rings is 2. The molecule has 1 atom stereocenters. The van der Waals surface area contributed by atoms with Crippen molar-refractivity contribution in [3.63, 3.8) is 0 Å². The molecule has 4 rings (SSSR count). The summed E-state index contributed by atoms with van der Waals surface area (Å²) < 4.78 is 0. The molecule has 2 aromatic heterocycles. The van der Waals surface area contributed by atoms with Crippen LogP contribution in [0, 0.1) is 17.0 Å². The number of fused-ring (bicyclic) bond motifs is 1. The molecule has 1 unspecified atom stereocenters. The standard InChI is InChI=1S/C20H18N6O2/c1-12-10-18(22-13(2)19-23-16-8-3-4-9-17(16)24-19)25-20(21-12)14-6-5-7-15(11-14)26(27)28/h3-11,13H,1-2H3,(H,23,24)(H,21,22,25). The number of nitrogens with one attached hydrogen (secondary N) is 2. The van der Waals surface area contributed by atoms with E-state index in [1.807, 2.05) is 44.2 Å². The summed E-state index contributed by atoms with van der Waals surface area (Å²) in [6.07, 6.45) is 0. The Morgan fingerprint density at radius 1 is 1.07 bits per heavy atom. The van der Waals surface area contributed by atoms with Gasteiger partial charge in [0, 0.05) is 29.5 Å². The number of aromatic nitrogens is 4. The lowest BCUT2D eigenvalue weighted by molar-refractivity contribution is -0.384. The number of rotatable bonds is 5. The molecule has 8 nitrogen and oxygen atoms in total. The summed E-state index contributed by atoms with van der Waals surface area (Å²) in [6, 6.07) is 15.9. The Morgan fingerprint density at radius 2 is 1.89 bits per heavy atom. The molecule has 0 saturated heterocycles. The number of non-ortho nitro benzene ring substituents is 1. The summed E-state index contributed by atoms with van der Waals surface area (Å²) in [5, 5.41) is 14.4. The maximum absolute atomic E-state index is 11.0. The molecule has 2 N–H and O–H groups in total. The molecule has 2 aromatic carbocycles. The van der Waals surface area contributed by atoms with Crippen LogP contribution in [0.3, 0.4) is 0 Å². The summed E-state index contributed by atoms with van der Waals surface area (Å²) >= 11 is 0. The number of nitrogens with zero attached hydrogens (tertiary/aromatic N) is 4. The topological polar surface area (TPSA) is 110 Å². The molecule has 0 amide bonds. The fourth-order valence-electron chi connectivity index (χ4n) is 3.00. The molecular weight excluding hydrogens is 356 g/mol. The van der Waals surface area contributed by atoms with Crippen molar-refractivity contribution in [3.05, 3.63) is 76.2 Å². The first kappa shape index (κ1) is 17.6. The van der Waals surface area contributed by atoms with Crippen LogP contribution in [0.5, 0.6) is 0 Å². The lowest BCUT2D eigenvalue weighted by atomic mass is 10.2. The monoisotopic (exact) mass is 374 g/mol. The minimum atomic E-state index is -0.428. The van der Waals surface area contributed by atoms with Crippen molar-refractivity contribution >= 4 is 22.5 Å². The van der Waals surface area contributed by atoms with Crippen LogP contribution >= 0.6 is 0 Å². The third-order valence-electron chi connectivity index (χ3n) is 4.35. The average Bonchev–Trinajstić information content (AvgIpc) is 3.12. The highest BCUT2D eigenvalue weighted by Crippen LogP contribution is 2.24. The highest BCUT2D eigenvalue weighted by molar-refractivity contribution is 5.75. The zero-order valence-electron chi connectivity index (χ0n) is 15.4. The van der Waals surface area contributed by atoms with Crippen molar-refractivity contribution in [2.75, 3.05) is 5.32 Å². The van der Waals surface area contributed by atoms with Crippen LogP contribution in [0.25, 0.3) is 22.4 Å². The maximum atomic E-state index is 11.0. The van der Waals surface area contributed by atoms with Gasteiger partial charge < -0.3 is 10.3 Å². The van der Waals surface area contributed by atoms with Crippen LogP contribution in [0.15, 0.2) is 54.6 Å². The van der Waals surface area contributed by atoms with Gasteiger partial charge in [-0.15, -0.1) is 0 Å². The van der Waals surface area contributed by atoms with E-state index >= 15 is 0 Å². The van der Waals surface area contributed by atoms with E-state index in [1.165, 1.54) is 12.1 Å². The lowest BCUT2D eigenvalue weighted by Gasteiger charge is -2.13. The van der Waals surface area contributed by atoms with Gasteiger partial charge in [-0.25, -0.2) is 15.0 Å². The van der Waals surface area contributed by atoms with E-state index in [4.69, 9.17) is 0 Å². The van der Waals surface area contributed by atoms with Crippen molar-refractivity contribution in [1.82, 2.24) is 19.9 Å². The van der Waals surface area contributed by atoms with Gasteiger partial charge in [-0.3, -0.25) is 10.1 Å². The van der Waals surface area contributed by atoms with Crippen molar-refractivity contribution in [2.45, 2.75) is 19.9 Å². The van der Waals surface area contributed by atoms with Crippen LogP contribution < -0.4 is 5.32 Å². The Labute approximate surface area is 160 Å². The average molecular weight is 374 g/mol. The van der Waals surface area contributed by atoms with Gasteiger partial charge in [-0.1, -0.05) is 24.3 Å². The van der Waals surface area contributed by atoms with E-state index in [2.05, 4.69) is 25.3 Å². The fourth-order valence-corrected chi connectivity index (χ4v) is 3.00. The number of hydrogen-bond donors (Lipinski definition) is 2. The Bertz CT molecular complexity index is 1140. The predicted octanol–water partition coefficient (Wildman–Crippen LogP) is 4.41. The molecule has 0 aliphatic carbocycles. The second-order valence-electron chi connectivity index (χ2n) is 6.53. The summed E-state index contributed by atoms with van der Waals surface area (Å²) in [4.78, 5) is 27.5. The Balaban J connectivity index is 1.63. The number of aromatic amines is 1. The van der Waals surface area contributed by atoms with E-state index in [0.29, 0.717) is 17.2 Å². The highest BCUT2D eigenvalue weighted by atomic mass is 16.6. The van der Waals surface area contributed by atoms with Crippen molar-refractivity contribution < 1.29 is 4.92 Å². The van der Waals surface area contributed by atoms with Gasteiger partial charge >= 0.3 is 0 Å². The fraction of sp³-hybridized carbons (Fsp3) is 0.150. The van der Waals surface area contributed by atoms with Gasteiger partial charge in [0.15, 0.2) is 5.82 Å². The van der Waals surface area contributed by atoms with Gasteiger partial charge in [0.1, 0.15) is 11.6 Å². The second kappa shape index (κ2) is 7.07. The molecule has 4 aromatic rings. The largest absolute Gasteiger partial charge is 0.360 e. The summed E-state index contributed by atoms with van der Waals surface area (Å²) in [6.45, 7) is 3.85. The molecular formula is C20H18N6O2. The van der Waals surface area contributed by atoms with Crippen molar-refractivity contribution in [3.8, 4) is 11.4 Å². The number of hydrogen-bond acceptors (Lipinski definition) is 6. The summed E-state index contributed by atoms with van der Waals surface area (Å²) in [7, 11) is 0.